The third-order valence-electron chi connectivity index (χ3n) is 6.83. The van der Waals surface area contributed by atoms with Crippen LogP contribution in [0.5, 0.6) is 0 Å². The highest BCUT2D eigenvalue weighted by Gasteiger charge is 2.60. The molecule has 1 atom stereocenters. The maximum atomic E-state index is 13.9. The second kappa shape index (κ2) is 7.88. The van der Waals surface area contributed by atoms with Crippen molar-refractivity contribution in [3.8, 4) is 6.07 Å². The van der Waals surface area contributed by atoms with Gasteiger partial charge in [-0.05, 0) is 49.2 Å². The molecule has 6 nitrogen and oxygen atoms in total. The number of halogens is 2. The third-order valence-corrected chi connectivity index (χ3v) is 7.26. The Hall–Kier alpha value is -3.79. The number of Topliss-reactive ketones (excluding diaryl/α,β-unsaturated/α-hetero) is 1. The third kappa shape index (κ3) is 2.95. The molecular weight excluding hydrogens is 483 g/mol. The molecule has 6 rings (SSSR count). The number of ketones is 1. The number of aromatic nitrogens is 1. The van der Waals surface area contributed by atoms with E-state index in [-0.39, 0.29) is 11.4 Å². The number of nitriles is 1. The van der Waals surface area contributed by atoms with Crippen LogP contribution < -0.4 is 10.2 Å². The highest BCUT2D eigenvalue weighted by molar-refractivity contribution is 6.35. The molecule has 0 bridgehead atoms. The number of nitrogens with zero attached hydrogens (tertiary/aromatic N) is 3. The number of carbonyl (C=O) groups excluding carboxylic acids is 2. The van der Waals surface area contributed by atoms with E-state index >= 15 is 0 Å². The first-order valence-electron chi connectivity index (χ1n) is 11.2. The predicted octanol–water partition coefficient (Wildman–Crippen LogP) is 5.90. The van der Waals surface area contributed by atoms with Crippen LogP contribution in [-0.4, -0.2) is 16.3 Å². The lowest BCUT2D eigenvalue weighted by molar-refractivity contribution is -0.122. The Bertz CT molecular complexity index is 1510. The lowest BCUT2D eigenvalue weighted by Gasteiger charge is -2.44. The summed E-state index contributed by atoms with van der Waals surface area (Å²) >= 11 is 12.8. The summed E-state index contributed by atoms with van der Waals surface area (Å²) in [5.74, 6) is -0.0712. The number of allylic oxidation sites excluding steroid dienone is 1. The van der Waals surface area contributed by atoms with Crippen LogP contribution in [0.15, 0.2) is 83.8 Å². The molecular formula is C27H18Cl2N4O2. The van der Waals surface area contributed by atoms with Crippen LogP contribution in [0, 0.1) is 11.3 Å². The van der Waals surface area contributed by atoms with E-state index in [2.05, 4.69) is 11.4 Å². The summed E-state index contributed by atoms with van der Waals surface area (Å²) in [5, 5.41) is 14.4. The van der Waals surface area contributed by atoms with E-state index in [4.69, 9.17) is 23.2 Å². The van der Waals surface area contributed by atoms with Gasteiger partial charge in [-0.2, -0.15) is 5.26 Å². The number of hydrogen-bond donors (Lipinski definition) is 1. The second-order valence-electron chi connectivity index (χ2n) is 8.71. The first kappa shape index (κ1) is 21.7. The van der Waals surface area contributed by atoms with Crippen LogP contribution in [0.3, 0.4) is 0 Å². The Kier molecular flexibility index (Phi) is 4.89. The Morgan fingerprint density at radius 2 is 1.69 bits per heavy atom. The zero-order valence-electron chi connectivity index (χ0n) is 18.4. The molecule has 3 heterocycles. The van der Waals surface area contributed by atoms with E-state index in [1.165, 1.54) is 0 Å². The quantitative estimate of drug-likeness (QED) is 0.474. The van der Waals surface area contributed by atoms with E-state index in [0.717, 1.165) is 0 Å². The van der Waals surface area contributed by atoms with Crippen molar-refractivity contribution in [2.24, 2.45) is 0 Å². The van der Waals surface area contributed by atoms with E-state index in [0.29, 0.717) is 63.3 Å². The fourth-order valence-corrected chi connectivity index (χ4v) is 6.08. The molecule has 8 heteroatoms. The van der Waals surface area contributed by atoms with Gasteiger partial charge in [-0.1, -0.05) is 41.4 Å². The number of carbonyl (C=O) groups is 2. The smallest absolute Gasteiger partial charge is 0.245 e. The van der Waals surface area contributed by atoms with Gasteiger partial charge < -0.3 is 9.88 Å². The van der Waals surface area contributed by atoms with Gasteiger partial charge in [-0.15, -0.1) is 0 Å². The van der Waals surface area contributed by atoms with Crippen LogP contribution in [0.2, 0.25) is 10.0 Å². The molecule has 2 aliphatic heterocycles. The van der Waals surface area contributed by atoms with E-state index in [1.54, 1.807) is 28.8 Å². The number of hydrogen-bond acceptors (Lipinski definition) is 4. The van der Waals surface area contributed by atoms with Gasteiger partial charge in [0.05, 0.1) is 11.3 Å². The Balaban J connectivity index is 1.79. The molecule has 0 unspecified atom stereocenters. The van der Waals surface area contributed by atoms with Gasteiger partial charge in [0, 0.05) is 51.4 Å². The van der Waals surface area contributed by atoms with Crippen molar-refractivity contribution in [3.05, 3.63) is 99.4 Å². The average molecular weight is 501 g/mol. The number of benzene rings is 2. The number of rotatable bonds is 2. The van der Waals surface area contributed by atoms with Crippen molar-refractivity contribution in [1.29, 1.82) is 5.26 Å². The molecule has 0 fully saturated rings. The second-order valence-corrected chi connectivity index (χ2v) is 9.58. The highest BCUT2D eigenvalue weighted by atomic mass is 35.5. The SMILES string of the molecule is N#CC1=C(n2cccc2)N(c2cc(Cl)cc(Cl)c2)C2=C(C(=O)CCC2)[C@]12C(=O)Nc1ccccc12. The summed E-state index contributed by atoms with van der Waals surface area (Å²) in [6.45, 7) is 0. The molecule has 0 saturated heterocycles. The lowest BCUT2D eigenvalue weighted by Crippen LogP contribution is -2.49. The molecule has 1 spiro atoms. The Morgan fingerprint density at radius 3 is 2.40 bits per heavy atom. The molecule has 3 aliphatic rings. The van der Waals surface area contributed by atoms with Crippen LogP contribution in [0.25, 0.3) is 5.82 Å². The van der Waals surface area contributed by atoms with Gasteiger partial charge in [-0.3, -0.25) is 14.5 Å². The number of fused-ring (bicyclic) bond motifs is 3. The minimum atomic E-state index is -1.54. The molecule has 0 radical (unpaired) electrons. The first-order valence-corrected chi connectivity index (χ1v) is 11.9. The van der Waals surface area contributed by atoms with Crippen LogP contribution >= 0.6 is 23.2 Å². The van der Waals surface area contributed by atoms with Gasteiger partial charge >= 0.3 is 0 Å². The van der Waals surface area contributed by atoms with Crippen molar-refractivity contribution >= 4 is 52.1 Å². The highest BCUT2D eigenvalue weighted by Crippen LogP contribution is 2.56. The summed E-state index contributed by atoms with van der Waals surface area (Å²) < 4.78 is 1.80. The topological polar surface area (TPSA) is 78.1 Å². The molecule has 35 heavy (non-hydrogen) atoms. The van der Waals surface area contributed by atoms with Gasteiger partial charge in [0.25, 0.3) is 0 Å². The lowest BCUT2D eigenvalue weighted by atomic mass is 9.63. The van der Waals surface area contributed by atoms with Gasteiger partial charge in [0.1, 0.15) is 17.3 Å². The predicted molar refractivity (Wildman–Crippen MR) is 135 cm³/mol. The largest absolute Gasteiger partial charge is 0.324 e. The number of nitrogens with one attached hydrogen (secondary N) is 1. The molecule has 172 valence electrons. The van der Waals surface area contributed by atoms with Gasteiger partial charge in [0.2, 0.25) is 5.91 Å². The zero-order chi connectivity index (χ0) is 24.3. The van der Waals surface area contributed by atoms with E-state index in [1.807, 2.05) is 47.6 Å². The molecule has 2 aromatic carbocycles. The molecule has 1 N–H and O–H groups in total. The standard InChI is InChI=1S/C27H18Cl2N4O2/c28-16-12-17(29)14-18(13-16)33-22-8-5-9-23(34)24(22)27(19-6-1-2-7-21(19)31-26(27)35)20(15-30)25(33)32-10-3-4-11-32/h1-4,6-7,10-14H,5,8-9H2,(H,31,35)/t27-/m1/s1. The minimum absolute atomic E-state index is 0.143. The van der Waals surface area contributed by atoms with Crippen molar-refractivity contribution in [2.75, 3.05) is 10.2 Å². The summed E-state index contributed by atoms with van der Waals surface area (Å²) in [7, 11) is 0. The van der Waals surface area contributed by atoms with Crippen LogP contribution in [0.1, 0.15) is 24.8 Å². The molecule has 0 saturated carbocycles. The number of amides is 1. The zero-order valence-corrected chi connectivity index (χ0v) is 19.9. The fourth-order valence-electron chi connectivity index (χ4n) is 5.56. The van der Waals surface area contributed by atoms with Crippen molar-refractivity contribution in [1.82, 2.24) is 4.57 Å². The summed E-state index contributed by atoms with van der Waals surface area (Å²) in [6, 6.07) is 18.4. The maximum Gasteiger partial charge on any atom is 0.245 e. The Morgan fingerprint density at radius 1 is 0.971 bits per heavy atom. The number of anilines is 2. The van der Waals surface area contributed by atoms with E-state index < -0.39 is 11.3 Å². The van der Waals surface area contributed by atoms with Crippen molar-refractivity contribution < 1.29 is 9.59 Å². The van der Waals surface area contributed by atoms with E-state index in [9.17, 15) is 14.9 Å². The van der Waals surface area contributed by atoms with Crippen molar-refractivity contribution in [2.45, 2.75) is 24.7 Å². The van der Waals surface area contributed by atoms with Crippen LogP contribution in [0.4, 0.5) is 11.4 Å². The molecule has 1 aromatic heterocycles. The normalized spacial score (nSPS) is 21.2. The summed E-state index contributed by atoms with van der Waals surface area (Å²) in [5.41, 5.74) is 1.46. The Labute approximate surface area is 211 Å². The number of para-hydroxylation sites is 1. The average Bonchev–Trinajstić information content (AvgIpc) is 3.46. The first-order chi connectivity index (χ1) is 17.0. The fraction of sp³-hybridized carbons (Fsp3) is 0.148. The summed E-state index contributed by atoms with van der Waals surface area (Å²) in [6.07, 6.45) is 5.11. The molecule has 1 amide bonds. The van der Waals surface area contributed by atoms with Crippen LogP contribution in [-0.2, 0) is 15.0 Å². The van der Waals surface area contributed by atoms with Gasteiger partial charge in [-0.25, -0.2) is 0 Å². The minimum Gasteiger partial charge on any atom is -0.324 e. The molecule has 3 aromatic rings. The van der Waals surface area contributed by atoms with Crippen molar-refractivity contribution in [3.63, 3.8) is 0 Å². The maximum absolute atomic E-state index is 13.9. The monoisotopic (exact) mass is 500 g/mol. The van der Waals surface area contributed by atoms with Gasteiger partial charge in [0.15, 0.2) is 5.78 Å². The summed E-state index contributed by atoms with van der Waals surface area (Å²) in [4.78, 5) is 29.4. The molecule has 1 aliphatic carbocycles.